The second-order valence-electron chi connectivity index (χ2n) is 9.08. The van der Waals surface area contributed by atoms with Gasteiger partial charge < -0.3 is 20.1 Å². The van der Waals surface area contributed by atoms with Crippen LogP contribution in [0.15, 0.2) is 48.5 Å². The van der Waals surface area contributed by atoms with Crippen molar-refractivity contribution in [2.24, 2.45) is 11.8 Å². The Bertz CT molecular complexity index is 1000. The zero-order chi connectivity index (χ0) is 23.5. The number of carboxylic acids is 1. The zero-order valence-corrected chi connectivity index (χ0v) is 19.0. The van der Waals surface area contributed by atoms with Crippen LogP contribution < -0.4 is 5.32 Å². The summed E-state index contributed by atoms with van der Waals surface area (Å²) in [6.07, 6.45) is 0.561. The summed E-state index contributed by atoms with van der Waals surface area (Å²) >= 11 is 0. The molecule has 4 rings (SSSR count). The lowest BCUT2D eigenvalue weighted by molar-refractivity contribution is -0.150. The molecule has 1 aliphatic carbocycles. The van der Waals surface area contributed by atoms with Gasteiger partial charge in [0.15, 0.2) is 0 Å². The molecule has 2 aromatic rings. The molecule has 2 amide bonds. The lowest BCUT2D eigenvalue weighted by atomic mass is 9.94. The molecule has 2 aliphatic rings. The van der Waals surface area contributed by atoms with Crippen LogP contribution in [-0.2, 0) is 14.3 Å². The molecule has 2 atom stereocenters. The first-order valence-electron chi connectivity index (χ1n) is 11.5. The van der Waals surface area contributed by atoms with Crippen LogP contribution in [0.4, 0.5) is 4.79 Å². The normalized spacial score (nSPS) is 18.0. The van der Waals surface area contributed by atoms with Gasteiger partial charge in [0, 0.05) is 19.0 Å². The number of carbonyl (C=O) groups excluding carboxylic acids is 2. The predicted molar refractivity (Wildman–Crippen MR) is 124 cm³/mol. The minimum Gasteiger partial charge on any atom is -0.480 e. The van der Waals surface area contributed by atoms with Crippen molar-refractivity contribution in [3.05, 3.63) is 59.7 Å². The van der Waals surface area contributed by atoms with Crippen molar-refractivity contribution in [3.8, 4) is 11.1 Å². The van der Waals surface area contributed by atoms with E-state index in [0.29, 0.717) is 19.4 Å². The number of hydrogen-bond acceptors (Lipinski definition) is 4. The summed E-state index contributed by atoms with van der Waals surface area (Å²) in [6, 6.07) is 15.5. The van der Waals surface area contributed by atoms with E-state index in [-0.39, 0.29) is 30.9 Å². The van der Waals surface area contributed by atoms with Gasteiger partial charge in [-0.25, -0.2) is 9.59 Å². The lowest BCUT2D eigenvalue weighted by Gasteiger charge is -2.29. The smallest absolute Gasteiger partial charge is 0.407 e. The summed E-state index contributed by atoms with van der Waals surface area (Å²) in [5.74, 6) is -1.81. The maximum atomic E-state index is 13.0. The molecule has 174 valence electrons. The van der Waals surface area contributed by atoms with Gasteiger partial charge in [-0.1, -0.05) is 62.4 Å². The van der Waals surface area contributed by atoms with Crippen LogP contribution in [0.25, 0.3) is 11.1 Å². The third kappa shape index (κ3) is 4.58. The number of alkyl carbamates (subject to hydrolysis) is 1. The fourth-order valence-electron chi connectivity index (χ4n) is 4.95. The Kier molecular flexibility index (Phi) is 6.67. The minimum atomic E-state index is -0.979. The number of fused-ring (bicyclic) bond motifs is 3. The maximum Gasteiger partial charge on any atom is 0.407 e. The summed E-state index contributed by atoms with van der Waals surface area (Å²) in [5, 5.41) is 12.1. The highest BCUT2D eigenvalue weighted by molar-refractivity contribution is 5.86. The molecule has 0 saturated carbocycles. The molecule has 2 N–H and O–H groups in total. The summed E-state index contributed by atoms with van der Waals surface area (Å²) < 4.78 is 5.57. The number of hydrogen-bond donors (Lipinski definition) is 2. The second kappa shape index (κ2) is 9.65. The number of likely N-dealkylation sites (tertiary alicyclic amines) is 1. The number of rotatable bonds is 7. The number of benzene rings is 2. The van der Waals surface area contributed by atoms with E-state index >= 15 is 0 Å². The Balaban J connectivity index is 1.37. The lowest BCUT2D eigenvalue weighted by Crippen LogP contribution is -2.47. The first-order chi connectivity index (χ1) is 15.9. The number of carbonyl (C=O) groups is 3. The first kappa shape index (κ1) is 22.8. The van der Waals surface area contributed by atoms with E-state index in [1.54, 1.807) is 0 Å². The third-order valence-electron chi connectivity index (χ3n) is 6.75. The highest BCUT2D eigenvalue weighted by atomic mass is 16.5. The largest absolute Gasteiger partial charge is 0.480 e. The van der Waals surface area contributed by atoms with E-state index in [4.69, 9.17) is 4.74 Å². The number of nitrogens with zero attached hydrogens (tertiary/aromatic N) is 1. The summed E-state index contributed by atoms with van der Waals surface area (Å²) in [5.41, 5.74) is 4.59. The SMILES string of the molecule is CC(C)C(CNC(=O)OCC1c2ccccc2-c2ccccc21)C(=O)N1CCC[C@@H]1C(=O)O. The number of carboxylic acid groups (broad SMARTS) is 1. The molecule has 7 heteroatoms. The Labute approximate surface area is 193 Å². The highest BCUT2D eigenvalue weighted by Crippen LogP contribution is 2.44. The van der Waals surface area contributed by atoms with Crippen molar-refractivity contribution in [1.82, 2.24) is 10.2 Å². The van der Waals surface area contributed by atoms with Crippen molar-refractivity contribution >= 4 is 18.0 Å². The molecule has 2 aromatic carbocycles. The van der Waals surface area contributed by atoms with Crippen LogP contribution in [-0.4, -0.2) is 53.7 Å². The first-order valence-corrected chi connectivity index (χ1v) is 11.5. The van der Waals surface area contributed by atoms with Crippen molar-refractivity contribution in [2.75, 3.05) is 19.7 Å². The Morgan fingerprint density at radius 3 is 2.24 bits per heavy atom. The molecule has 0 bridgehead atoms. The van der Waals surface area contributed by atoms with Gasteiger partial charge in [0.05, 0.1) is 5.92 Å². The molecule has 1 aliphatic heterocycles. The molecule has 7 nitrogen and oxygen atoms in total. The van der Waals surface area contributed by atoms with Gasteiger partial charge in [0.2, 0.25) is 5.91 Å². The fourth-order valence-corrected chi connectivity index (χ4v) is 4.95. The van der Waals surface area contributed by atoms with E-state index < -0.39 is 24.0 Å². The summed E-state index contributed by atoms with van der Waals surface area (Å²) in [4.78, 5) is 38.5. The molecule has 1 unspecified atom stereocenters. The molecular weight excluding hydrogens is 420 g/mol. The predicted octanol–water partition coefficient (Wildman–Crippen LogP) is 3.87. The molecule has 1 fully saturated rings. The number of nitrogens with one attached hydrogen (secondary N) is 1. The van der Waals surface area contributed by atoms with E-state index in [9.17, 15) is 19.5 Å². The van der Waals surface area contributed by atoms with Crippen LogP contribution in [0.1, 0.15) is 43.7 Å². The van der Waals surface area contributed by atoms with Gasteiger partial charge in [-0.15, -0.1) is 0 Å². The van der Waals surface area contributed by atoms with Crippen LogP contribution in [0.5, 0.6) is 0 Å². The van der Waals surface area contributed by atoms with Gasteiger partial charge in [0.1, 0.15) is 12.6 Å². The number of aliphatic carboxylic acids is 1. The average molecular weight is 451 g/mol. The van der Waals surface area contributed by atoms with Crippen molar-refractivity contribution in [1.29, 1.82) is 0 Å². The standard InChI is InChI=1S/C26H30N2O5/c1-16(2)21(24(29)28-13-7-12-23(28)25(30)31)14-27-26(32)33-15-22-19-10-5-3-8-17(19)18-9-4-6-11-20(18)22/h3-6,8-11,16,21-23H,7,12-15H2,1-2H3,(H,27,32)(H,30,31)/t21?,23-/m1/s1. The average Bonchev–Trinajstić information content (AvgIpc) is 3.41. The topological polar surface area (TPSA) is 95.9 Å². The minimum absolute atomic E-state index is 0.0356. The maximum absolute atomic E-state index is 13.0. The van der Waals surface area contributed by atoms with E-state index in [2.05, 4.69) is 29.6 Å². The van der Waals surface area contributed by atoms with E-state index in [1.165, 1.54) is 4.90 Å². The Morgan fingerprint density at radius 2 is 1.67 bits per heavy atom. The molecular formula is C26H30N2O5. The summed E-state index contributed by atoms with van der Waals surface area (Å²) in [6.45, 7) is 4.54. The molecule has 33 heavy (non-hydrogen) atoms. The third-order valence-corrected chi connectivity index (χ3v) is 6.75. The molecule has 1 heterocycles. The van der Waals surface area contributed by atoms with Gasteiger partial charge in [-0.3, -0.25) is 4.79 Å². The quantitative estimate of drug-likeness (QED) is 0.668. The molecule has 0 aromatic heterocycles. The van der Waals surface area contributed by atoms with Crippen LogP contribution in [0, 0.1) is 11.8 Å². The van der Waals surface area contributed by atoms with Gasteiger partial charge >= 0.3 is 12.1 Å². The van der Waals surface area contributed by atoms with Crippen LogP contribution in [0.3, 0.4) is 0 Å². The van der Waals surface area contributed by atoms with Crippen LogP contribution >= 0.6 is 0 Å². The fraction of sp³-hybridized carbons (Fsp3) is 0.423. The van der Waals surface area contributed by atoms with Gasteiger partial charge in [-0.05, 0) is 41.0 Å². The molecule has 0 radical (unpaired) electrons. The number of ether oxygens (including phenoxy) is 1. The monoisotopic (exact) mass is 450 g/mol. The van der Waals surface area contributed by atoms with E-state index in [1.807, 2.05) is 38.1 Å². The number of amides is 2. The highest BCUT2D eigenvalue weighted by Gasteiger charge is 2.38. The summed E-state index contributed by atoms with van der Waals surface area (Å²) in [7, 11) is 0. The Morgan fingerprint density at radius 1 is 1.06 bits per heavy atom. The van der Waals surface area contributed by atoms with Crippen molar-refractivity contribution < 1.29 is 24.2 Å². The van der Waals surface area contributed by atoms with Crippen molar-refractivity contribution in [2.45, 2.75) is 38.6 Å². The van der Waals surface area contributed by atoms with Gasteiger partial charge in [-0.2, -0.15) is 0 Å². The van der Waals surface area contributed by atoms with Gasteiger partial charge in [0.25, 0.3) is 0 Å². The molecule has 1 saturated heterocycles. The van der Waals surface area contributed by atoms with E-state index in [0.717, 1.165) is 22.3 Å². The zero-order valence-electron chi connectivity index (χ0n) is 19.0. The second-order valence-corrected chi connectivity index (χ2v) is 9.08. The Hall–Kier alpha value is -3.35. The van der Waals surface area contributed by atoms with Crippen molar-refractivity contribution in [3.63, 3.8) is 0 Å². The van der Waals surface area contributed by atoms with Crippen LogP contribution in [0.2, 0.25) is 0 Å². The molecule has 0 spiro atoms.